The predicted molar refractivity (Wildman–Crippen MR) is 135 cm³/mol. The normalized spacial score (nSPS) is 17.1. The van der Waals surface area contributed by atoms with Crippen molar-refractivity contribution in [1.82, 2.24) is 4.57 Å². The van der Waals surface area contributed by atoms with Crippen LogP contribution < -0.4 is 9.47 Å². The number of carbonyl (C=O) groups is 1. The maximum Gasteiger partial charge on any atom is 0.193 e. The lowest BCUT2D eigenvalue weighted by atomic mass is 9.75. The molecule has 1 aromatic heterocycles. The number of aryl methyl sites for hydroxylation is 1. The van der Waals surface area contributed by atoms with Crippen LogP contribution >= 0.6 is 0 Å². The molecule has 2 heterocycles. The van der Waals surface area contributed by atoms with Crippen LogP contribution in [0, 0.1) is 11.3 Å². The molecule has 0 N–H and O–H groups in total. The molecule has 0 amide bonds. The van der Waals surface area contributed by atoms with E-state index in [9.17, 15) is 10.1 Å². The molecule has 0 spiro atoms. The molecule has 1 aliphatic carbocycles. The third-order valence-corrected chi connectivity index (χ3v) is 6.54. The van der Waals surface area contributed by atoms with E-state index >= 15 is 0 Å². The number of rotatable bonds is 3. The van der Waals surface area contributed by atoms with Crippen LogP contribution in [0.3, 0.4) is 0 Å². The average Bonchev–Trinajstić information content (AvgIpc) is 3.38. The smallest absolute Gasteiger partial charge is 0.193 e. The van der Waals surface area contributed by atoms with Crippen LogP contribution in [-0.2, 0) is 20.8 Å². The molecule has 8 heteroatoms. The molecule has 37 heavy (non-hydrogen) atoms. The number of aromatic nitrogens is 1. The average molecular weight is 503 g/mol. The Hall–Kier alpha value is -3.64. The largest absolute Gasteiger partial charge is 0.491 e. The topological polar surface area (TPSA) is 91.9 Å². The molecular weight excluding hydrogens is 472 g/mol. The third kappa shape index (κ3) is 5.39. The molecule has 0 saturated carbocycles. The maximum atomic E-state index is 13.8. The number of carbonyl (C=O) groups excluding carboxylic acids is 1. The van der Waals surface area contributed by atoms with Crippen molar-refractivity contribution in [2.75, 3.05) is 52.9 Å². The first-order valence-corrected chi connectivity index (χ1v) is 12.6. The van der Waals surface area contributed by atoms with Crippen LogP contribution in [0.2, 0.25) is 0 Å². The predicted octanol–water partition coefficient (Wildman–Crippen LogP) is 3.95. The van der Waals surface area contributed by atoms with Gasteiger partial charge in [-0.1, -0.05) is 24.3 Å². The lowest BCUT2D eigenvalue weighted by molar-refractivity contribution is 0.00477. The van der Waals surface area contributed by atoms with Crippen molar-refractivity contribution >= 4 is 5.78 Å². The summed E-state index contributed by atoms with van der Waals surface area (Å²) in [5.41, 5.74) is 3.78. The second-order valence-corrected chi connectivity index (χ2v) is 8.77. The van der Waals surface area contributed by atoms with Gasteiger partial charge < -0.3 is 28.3 Å². The van der Waals surface area contributed by atoms with Crippen LogP contribution in [0.15, 0.2) is 54.7 Å². The van der Waals surface area contributed by atoms with E-state index in [2.05, 4.69) is 10.6 Å². The minimum atomic E-state index is -0.321. The van der Waals surface area contributed by atoms with Crippen molar-refractivity contribution < 1.29 is 28.5 Å². The van der Waals surface area contributed by atoms with Gasteiger partial charge in [-0.2, -0.15) is 5.26 Å². The van der Waals surface area contributed by atoms with E-state index in [1.807, 2.05) is 54.7 Å². The first kappa shape index (κ1) is 25.0. The molecule has 3 aromatic rings. The van der Waals surface area contributed by atoms with Gasteiger partial charge >= 0.3 is 0 Å². The van der Waals surface area contributed by atoms with E-state index in [-0.39, 0.29) is 11.7 Å². The van der Waals surface area contributed by atoms with Gasteiger partial charge in [0.2, 0.25) is 0 Å². The molecular formula is C29H30N2O6. The van der Waals surface area contributed by atoms with Gasteiger partial charge in [-0.05, 0) is 24.3 Å². The highest BCUT2D eigenvalue weighted by molar-refractivity contribution is 6.14. The lowest BCUT2D eigenvalue weighted by Gasteiger charge is -2.31. The molecule has 2 aliphatic rings. The number of nitriles is 1. The molecule has 0 atom stereocenters. The SMILES string of the molecule is N#CCCn1cccc1C1c2c3cccc2C(=O)c2cccc(c21)OCCOCCOCCOCCO3. The van der Waals surface area contributed by atoms with Crippen molar-refractivity contribution in [3.8, 4) is 17.6 Å². The first-order valence-electron chi connectivity index (χ1n) is 12.6. The van der Waals surface area contributed by atoms with Gasteiger partial charge in [-0.3, -0.25) is 4.79 Å². The molecule has 2 bridgehead atoms. The highest BCUT2D eigenvalue weighted by Crippen LogP contribution is 2.48. The summed E-state index contributed by atoms with van der Waals surface area (Å²) in [5.74, 6) is 0.881. The molecule has 0 fully saturated rings. The van der Waals surface area contributed by atoms with Crippen molar-refractivity contribution in [2.45, 2.75) is 18.9 Å². The van der Waals surface area contributed by atoms with Gasteiger partial charge in [-0.15, -0.1) is 0 Å². The fourth-order valence-corrected chi connectivity index (χ4v) is 4.94. The van der Waals surface area contributed by atoms with Crippen LogP contribution in [0.25, 0.3) is 0 Å². The zero-order chi connectivity index (χ0) is 25.5. The standard InChI is InChI=1S/C29H30N2O6/c30-10-4-12-31-11-3-7-23(31)28-26-21-5-1-8-24(26)36-19-17-34-15-13-33-14-16-35-18-20-37-25-9-2-6-22(27(25)28)29(21)32/h1-3,5-9,11,28H,4,12-20H2. The number of ether oxygens (including phenoxy) is 5. The number of ketones is 1. The fourth-order valence-electron chi connectivity index (χ4n) is 4.94. The van der Waals surface area contributed by atoms with Crippen molar-refractivity contribution in [3.63, 3.8) is 0 Å². The first-order chi connectivity index (χ1) is 18.3. The van der Waals surface area contributed by atoms with Crippen molar-refractivity contribution in [1.29, 1.82) is 5.26 Å². The van der Waals surface area contributed by atoms with Crippen LogP contribution in [-0.4, -0.2) is 63.2 Å². The second kappa shape index (κ2) is 12.1. The summed E-state index contributed by atoms with van der Waals surface area (Å²) in [4.78, 5) is 13.8. The van der Waals surface area contributed by atoms with Gasteiger partial charge in [0.1, 0.15) is 24.7 Å². The van der Waals surface area contributed by atoms with Crippen LogP contribution in [0.4, 0.5) is 0 Å². The van der Waals surface area contributed by atoms with E-state index < -0.39 is 0 Å². The van der Waals surface area contributed by atoms with Gasteiger partial charge in [0.15, 0.2) is 5.78 Å². The number of nitrogens with zero attached hydrogens (tertiary/aromatic N) is 2. The lowest BCUT2D eigenvalue weighted by Crippen LogP contribution is -2.25. The minimum Gasteiger partial charge on any atom is -0.491 e. The Bertz CT molecular complexity index is 1210. The highest BCUT2D eigenvalue weighted by Gasteiger charge is 2.38. The van der Waals surface area contributed by atoms with Gasteiger partial charge in [0.25, 0.3) is 0 Å². The third-order valence-electron chi connectivity index (χ3n) is 6.54. The highest BCUT2D eigenvalue weighted by atomic mass is 16.6. The Labute approximate surface area is 216 Å². The molecule has 1 aliphatic heterocycles. The molecule has 192 valence electrons. The van der Waals surface area contributed by atoms with E-state index in [0.29, 0.717) is 88.4 Å². The molecule has 0 unspecified atom stereocenters. The molecule has 0 saturated heterocycles. The Morgan fingerprint density at radius 2 is 1.30 bits per heavy atom. The van der Waals surface area contributed by atoms with E-state index in [1.165, 1.54) is 0 Å². The Kier molecular flexibility index (Phi) is 8.16. The van der Waals surface area contributed by atoms with Crippen molar-refractivity contribution in [2.24, 2.45) is 0 Å². The fraction of sp³-hybridized carbons (Fsp3) is 0.379. The summed E-state index contributed by atoms with van der Waals surface area (Å²) in [6.45, 7) is 3.89. The van der Waals surface area contributed by atoms with Crippen LogP contribution in [0.5, 0.6) is 11.5 Å². The molecule has 5 rings (SSSR count). The van der Waals surface area contributed by atoms with E-state index in [0.717, 1.165) is 16.8 Å². The number of hydrogen-bond donors (Lipinski definition) is 0. The minimum absolute atomic E-state index is 0.0636. The van der Waals surface area contributed by atoms with E-state index in [4.69, 9.17) is 23.7 Å². The summed E-state index contributed by atoms with van der Waals surface area (Å²) in [7, 11) is 0. The number of benzene rings is 2. The monoisotopic (exact) mass is 502 g/mol. The van der Waals surface area contributed by atoms with Gasteiger partial charge in [-0.25, -0.2) is 0 Å². The second-order valence-electron chi connectivity index (χ2n) is 8.77. The molecule has 2 aromatic carbocycles. The summed E-state index contributed by atoms with van der Waals surface area (Å²) < 4.78 is 31.4. The molecule has 8 nitrogen and oxygen atoms in total. The molecule has 0 radical (unpaired) electrons. The van der Waals surface area contributed by atoms with Crippen molar-refractivity contribution in [3.05, 3.63) is 82.7 Å². The maximum absolute atomic E-state index is 13.8. The summed E-state index contributed by atoms with van der Waals surface area (Å²) in [6.07, 6.45) is 2.35. The Balaban J connectivity index is 1.63. The Morgan fingerprint density at radius 3 is 1.84 bits per heavy atom. The number of hydrogen-bond acceptors (Lipinski definition) is 7. The quantitative estimate of drug-likeness (QED) is 0.419. The summed E-state index contributed by atoms with van der Waals surface area (Å²) >= 11 is 0. The zero-order valence-electron chi connectivity index (χ0n) is 20.7. The van der Waals surface area contributed by atoms with E-state index in [1.54, 1.807) is 0 Å². The van der Waals surface area contributed by atoms with Gasteiger partial charge in [0.05, 0.1) is 58.0 Å². The summed E-state index contributed by atoms with van der Waals surface area (Å²) in [6, 6.07) is 17.4. The Morgan fingerprint density at radius 1 is 0.757 bits per heavy atom. The van der Waals surface area contributed by atoms with Gasteiger partial charge in [0, 0.05) is 40.7 Å². The summed E-state index contributed by atoms with van der Waals surface area (Å²) in [5, 5.41) is 9.23. The van der Waals surface area contributed by atoms with Crippen LogP contribution in [0.1, 0.15) is 45.1 Å². The zero-order valence-corrected chi connectivity index (χ0v) is 20.7.